The van der Waals surface area contributed by atoms with Crippen molar-refractivity contribution >= 4 is 23.9 Å². The van der Waals surface area contributed by atoms with Gasteiger partial charge in [0.1, 0.15) is 18.3 Å². The standard InChI is InChI=1S/C38H67N3O8.Cs/c1-15-38(12)23-24(18-33(2,3)39-38)47-29(42)16-27(31(44)45)28(32(46)49-26-21-36(8,9)41(14)37(10,11)22-26)17-30(43)48-25-19-34(4,5)40(13)35(6,7)20-25;/h24-28,39H,15-23H2,1-14H3,(H,44,45);/q;+1/p-1. The molecule has 0 aromatic heterocycles. The number of carboxylic acids is 1. The van der Waals surface area contributed by atoms with Crippen molar-refractivity contribution in [3.05, 3.63) is 0 Å². The van der Waals surface area contributed by atoms with E-state index in [0.717, 1.165) is 6.42 Å². The second-order valence-corrected chi connectivity index (χ2v) is 18.7. The van der Waals surface area contributed by atoms with Gasteiger partial charge >= 0.3 is 86.8 Å². The number of likely N-dealkylation sites (tertiary alicyclic amines) is 2. The molecule has 3 aliphatic rings. The number of piperidine rings is 3. The molecular weight excluding hydrogens is 759 g/mol. The molecule has 4 atom stereocenters. The summed E-state index contributed by atoms with van der Waals surface area (Å²) in [6.45, 7) is 24.9. The number of ether oxygens (including phenoxy) is 3. The molecule has 0 saturated carbocycles. The van der Waals surface area contributed by atoms with E-state index < -0.39 is 66.9 Å². The minimum absolute atomic E-state index is 0. The van der Waals surface area contributed by atoms with E-state index in [1.807, 2.05) is 27.9 Å². The fourth-order valence-electron chi connectivity index (χ4n) is 8.96. The van der Waals surface area contributed by atoms with Crippen LogP contribution in [-0.4, -0.2) is 99.3 Å². The van der Waals surface area contributed by atoms with Crippen LogP contribution in [0.3, 0.4) is 0 Å². The zero-order chi connectivity index (χ0) is 37.5. The molecule has 11 nitrogen and oxygen atoms in total. The van der Waals surface area contributed by atoms with Crippen molar-refractivity contribution in [1.82, 2.24) is 15.1 Å². The largest absolute Gasteiger partial charge is 1.00 e. The van der Waals surface area contributed by atoms with Crippen LogP contribution in [0.15, 0.2) is 0 Å². The second kappa shape index (κ2) is 16.7. The Hall–Kier alpha value is -0.188. The number of carbonyl (C=O) groups is 4. The monoisotopic (exact) mass is 825 g/mol. The van der Waals surface area contributed by atoms with Crippen LogP contribution >= 0.6 is 0 Å². The minimum Gasteiger partial charge on any atom is -0.550 e. The van der Waals surface area contributed by atoms with Gasteiger partial charge < -0.3 is 29.4 Å². The van der Waals surface area contributed by atoms with Crippen LogP contribution in [0.4, 0.5) is 0 Å². The molecule has 3 saturated heterocycles. The number of carbonyl (C=O) groups excluding carboxylic acids is 4. The first-order valence-electron chi connectivity index (χ1n) is 18.2. The summed E-state index contributed by atoms with van der Waals surface area (Å²) < 4.78 is 17.9. The van der Waals surface area contributed by atoms with E-state index in [1.165, 1.54) is 0 Å². The van der Waals surface area contributed by atoms with Crippen molar-refractivity contribution in [1.29, 1.82) is 0 Å². The summed E-state index contributed by atoms with van der Waals surface area (Å²) in [6.07, 6.45) is 1.58. The van der Waals surface area contributed by atoms with Crippen molar-refractivity contribution < 1.29 is 107 Å². The van der Waals surface area contributed by atoms with Gasteiger partial charge in [-0.25, -0.2) is 0 Å². The van der Waals surface area contributed by atoms with Gasteiger partial charge in [0.15, 0.2) is 0 Å². The third-order valence-electron chi connectivity index (χ3n) is 12.1. The molecule has 0 aromatic rings. The van der Waals surface area contributed by atoms with Crippen LogP contribution in [0.2, 0.25) is 0 Å². The van der Waals surface area contributed by atoms with Gasteiger partial charge in [0.05, 0.1) is 18.8 Å². The van der Waals surface area contributed by atoms with E-state index in [1.54, 1.807) is 0 Å². The van der Waals surface area contributed by atoms with Gasteiger partial charge in [-0.1, -0.05) is 6.92 Å². The molecule has 0 radical (unpaired) electrons. The Morgan fingerprint density at radius 3 is 1.38 bits per heavy atom. The Balaban J connectivity index is 0.00000867. The first-order chi connectivity index (χ1) is 22.1. The zero-order valence-electron chi connectivity index (χ0n) is 33.9. The molecule has 3 heterocycles. The average molecular weight is 826 g/mol. The molecule has 3 rings (SSSR count). The molecule has 12 heteroatoms. The fourth-order valence-corrected chi connectivity index (χ4v) is 8.96. The predicted octanol–water partition coefficient (Wildman–Crippen LogP) is 1.38. The number of carboxylic acid groups (broad SMARTS) is 1. The maximum atomic E-state index is 14.0. The zero-order valence-corrected chi connectivity index (χ0v) is 40.2. The van der Waals surface area contributed by atoms with Crippen LogP contribution < -0.4 is 79.3 Å². The van der Waals surface area contributed by atoms with E-state index in [0.29, 0.717) is 38.5 Å². The topological polar surface area (TPSA) is 138 Å². The molecule has 0 aliphatic carbocycles. The summed E-state index contributed by atoms with van der Waals surface area (Å²) in [5, 5.41) is 16.4. The van der Waals surface area contributed by atoms with Gasteiger partial charge in [-0.2, -0.15) is 0 Å². The number of rotatable bonds is 11. The Labute approximate surface area is 360 Å². The van der Waals surface area contributed by atoms with E-state index in [-0.39, 0.29) is 102 Å². The normalized spacial score (nSPS) is 29.1. The van der Waals surface area contributed by atoms with Crippen molar-refractivity contribution in [3.63, 3.8) is 0 Å². The van der Waals surface area contributed by atoms with Gasteiger partial charge in [0.25, 0.3) is 0 Å². The molecule has 1 N–H and O–H groups in total. The van der Waals surface area contributed by atoms with E-state index >= 15 is 0 Å². The molecular formula is C38H66CsN3O8. The fraction of sp³-hybridized carbons (Fsp3) is 0.895. The first-order valence-corrected chi connectivity index (χ1v) is 18.2. The molecule has 0 bridgehead atoms. The van der Waals surface area contributed by atoms with E-state index in [4.69, 9.17) is 14.2 Å². The Morgan fingerprint density at radius 2 is 1.00 bits per heavy atom. The summed E-state index contributed by atoms with van der Waals surface area (Å²) in [5.74, 6) is -7.04. The molecule has 0 aromatic carbocycles. The summed E-state index contributed by atoms with van der Waals surface area (Å²) in [7, 11) is 4.08. The van der Waals surface area contributed by atoms with Crippen LogP contribution in [0, 0.1) is 11.8 Å². The molecule has 3 fully saturated rings. The molecule has 282 valence electrons. The van der Waals surface area contributed by atoms with Gasteiger partial charge in [0, 0.05) is 83.6 Å². The van der Waals surface area contributed by atoms with E-state index in [2.05, 4.69) is 84.4 Å². The number of nitrogens with one attached hydrogen (secondary N) is 1. The van der Waals surface area contributed by atoms with Crippen molar-refractivity contribution in [2.45, 2.75) is 192 Å². The summed E-state index contributed by atoms with van der Waals surface area (Å²) in [5.41, 5.74) is -1.68. The van der Waals surface area contributed by atoms with Gasteiger partial charge in [0.2, 0.25) is 0 Å². The Kier molecular flexibility index (Phi) is 15.3. The van der Waals surface area contributed by atoms with Crippen molar-refractivity contribution in [3.8, 4) is 0 Å². The molecule has 0 spiro atoms. The summed E-state index contributed by atoms with van der Waals surface area (Å²) in [4.78, 5) is 58.3. The van der Waals surface area contributed by atoms with Gasteiger partial charge in [-0.05, 0) is 96.7 Å². The SMILES string of the molecule is CCC1(C)CC(OC(=O)CC(C(=O)[O-])C(CC(=O)OC2CC(C)(C)N(C)C(C)(C)C2)C(=O)OC2CC(C)(C)N(C)C(C)(C)C2)CC(C)(C)N1.[Cs+]. The number of hydrogen-bond acceptors (Lipinski definition) is 11. The quantitative estimate of drug-likeness (QED) is 0.239. The van der Waals surface area contributed by atoms with Crippen molar-refractivity contribution in [2.75, 3.05) is 14.1 Å². The van der Waals surface area contributed by atoms with Crippen LogP contribution in [0.25, 0.3) is 0 Å². The molecule has 3 aliphatic heterocycles. The Morgan fingerprint density at radius 1 is 0.640 bits per heavy atom. The summed E-state index contributed by atoms with van der Waals surface area (Å²) >= 11 is 0. The van der Waals surface area contributed by atoms with E-state index in [9.17, 15) is 24.3 Å². The maximum Gasteiger partial charge on any atom is 1.00 e. The number of nitrogens with zero attached hydrogens (tertiary/aromatic N) is 2. The third-order valence-corrected chi connectivity index (χ3v) is 12.1. The maximum absolute atomic E-state index is 14.0. The number of aliphatic carboxylic acids is 1. The van der Waals surface area contributed by atoms with Crippen LogP contribution in [0.1, 0.15) is 141 Å². The molecule has 4 unspecified atom stereocenters. The Bertz CT molecular complexity index is 1210. The molecule has 50 heavy (non-hydrogen) atoms. The van der Waals surface area contributed by atoms with Crippen molar-refractivity contribution in [2.24, 2.45) is 11.8 Å². The van der Waals surface area contributed by atoms with Gasteiger partial charge in [-0.3, -0.25) is 24.2 Å². The third kappa shape index (κ3) is 11.7. The predicted molar refractivity (Wildman–Crippen MR) is 186 cm³/mol. The average Bonchev–Trinajstić information content (AvgIpc) is 2.90. The summed E-state index contributed by atoms with van der Waals surface area (Å²) in [6, 6.07) is 0. The number of hydrogen-bond donors (Lipinski definition) is 1. The molecule has 0 amide bonds. The van der Waals surface area contributed by atoms with Crippen LogP contribution in [0.5, 0.6) is 0 Å². The van der Waals surface area contributed by atoms with Crippen LogP contribution in [-0.2, 0) is 33.4 Å². The number of esters is 3. The minimum atomic E-state index is -1.64. The first kappa shape index (κ1) is 46.0. The van der Waals surface area contributed by atoms with Gasteiger partial charge in [-0.15, -0.1) is 0 Å². The second-order valence-electron chi connectivity index (χ2n) is 18.7. The smallest absolute Gasteiger partial charge is 0.550 e.